The number of carbonyl (C=O) groups is 1. The molecule has 1 amide bonds. The smallest absolute Gasteiger partial charge is 0.242 e. The van der Waals surface area contributed by atoms with E-state index in [1.165, 1.54) is 0 Å². The molecule has 1 heterocycles. The topological polar surface area (TPSA) is 29.5 Å². The van der Waals surface area contributed by atoms with Crippen LogP contribution in [0.2, 0.25) is 0 Å². The van der Waals surface area contributed by atoms with Crippen molar-refractivity contribution in [2.24, 2.45) is 0 Å². The maximum absolute atomic E-state index is 11.7. The van der Waals surface area contributed by atoms with E-state index in [9.17, 15) is 4.79 Å². The molecule has 0 spiro atoms. The summed E-state index contributed by atoms with van der Waals surface area (Å²) in [6.07, 6.45) is 0.933. The molecule has 1 aliphatic heterocycles. The maximum atomic E-state index is 11.7. The molecule has 0 N–H and O–H groups in total. The molecule has 86 valence electrons. The Hall–Kier alpha value is -1.22. The van der Waals surface area contributed by atoms with Crippen molar-refractivity contribution in [2.45, 2.75) is 19.4 Å². The minimum atomic E-state index is -0.0733. The number of para-hydroxylation sites is 2. The molecule has 0 saturated heterocycles. The van der Waals surface area contributed by atoms with Crippen molar-refractivity contribution in [3.63, 3.8) is 0 Å². The Morgan fingerprint density at radius 2 is 2.31 bits per heavy atom. The molecule has 0 saturated carbocycles. The number of ether oxygens (including phenoxy) is 1. The van der Waals surface area contributed by atoms with Gasteiger partial charge in [0.2, 0.25) is 5.91 Å². The van der Waals surface area contributed by atoms with Crippen LogP contribution in [0.1, 0.15) is 13.3 Å². The summed E-state index contributed by atoms with van der Waals surface area (Å²) in [6, 6.07) is 7.56. The molecule has 0 radical (unpaired) electrons. The van der Waals surface area contributed by atoms with E-state index in [2.05, 4.69) is 0 Å². The number of hydrogen-bond acceptors (Lipinski definition) is 2. The molecule has 0 aromatic heterocycles. The van der Waals surface area contributed by atoms with E-state index in [0.717, 1.165) is 17.9 Å². The first-order chi connectivity index (χ1) is 7.76. The first-order valence-electron chi connectivity index (χ1n) is 5.38. The Morgan fingerprint density at radius 3 is 3.00 bits per heavy atom. The third-order valence-electron chi connectivity index (χ3n) is 2.71. The summed E-state index contributed by atoms with van der Waals surface area (Å²) in [5.74, 6) is 0.694. The van der Waals surface area contributed by atoms with Gasteiger partial charge in [0.15, 0.2) is 0 Å². The monoisotopic (exact) mass is 239 g/mol. The molecule has 0 bridgehead atoms. The van der Waals surface area contributed by atoms with Gasteiger partial charge in [0.1, 0.15) is 17.7 Å². The normalized spacial score (nSPS) is 18.9. The van der Waals surface area contributed by atoms with Crippen molar-refractivity contribution in [2.75, 3.05) is 17.3 Å². The average molecular weight is 240 g/mol. The van der Waals surface area contributed by atoms with Gasteiger partial charge in [-0.15, -0.1) is 11.6 Å². The highest BCUT2D eigenvalue weighted by Crippen LogP contribution is 2.33. The zero-order chi connectivity index (χ0) is 11.5. The highest BCUT2D eigenvalue weighted by atomic mass is 35.5. The van der Waals surface area contributed by atoms with E-state index >= 15 is 0 Å². The summed E-state index contributed by atoms with van der Waals surface area (Å²) in [5, 5.41) is 0. The molecule has 1 aromatic carbocycles. The molecule has 1 aliphatic rings. The van der Waals surface area contributed by atoms with Crippen molar-refractivity contribution >= 4 is 23.2 Å². The third-order valence-corrected chi connectivity index (χ3v) is 2.94. The quantitative estimate of drug-likeness (QED) is 0.742. The van der Waals surface area contributed by atoms with Crippen LogP contribution in [-0.4, -0.2) is 24.4 Å². The van der Waals surface area contributed by atoms with E-state index in [0.29, 0.717) is 6.54 Å². The maximum Gasteiger partial charge on any atom is 0.242 e. The number of carbonyl (C=O) groups excluding carboxylic acids is 1. The van der Waals surface area contributed by atoms with Crippen LogP contribution in [0, 0.1) is 0 Å². The van der Waals surface area contributed by atoms with E-state index < -0.39 is 0 Å². The zero-order valence-electron chi connectivity index (χ0n) is 9.15. The lowest BCUT2D eigenvalue weighted by Gasteiger charge is -2.34. The SMILES string of the molecule is CCC1CN(C(=O)CCl)c2ccccc2O1. The number of hydrogen-bond donors (Lipinski definition) is 0. The van der Waals surface area contributed by atoms with Crippen molar-refractivity contribution in [1.82, 2.24) is 0 Å². The Labute approximate surface area is 100.0 Å². The van der Waals surface area contributed by atoms with Gasteiger partial charge in [0.05, 0.1) is 12.2 Å². The van der Waals surface area contributed by atoms with Crippen LogP contribution in [0.5, 0.6) is 5.75 Å². The molecule has 16 heavy (non-hydrogen) atoms. The van der Waals surface area contributed by atoms with Gasteiger partial charge < -0.3 is 9.64 Å². The van der Waals surface area contributed by atoms with Gasteiger partial charge in [-0.25, -0.2) is 0 Å². The zero-order valence-corrected chi connectivity index (χ0v) is 9.91. The van der Waals surface area contributed by atoms with Crippen LogP contribution in [0.15, 0.2) is 24.3 Å². The summed E-state index contributed by atoms with van der Waals surface area (Å²) >= 11 is 5.61. The molecule has 1 atom stereocenters. The summed E-state index contributed by atoms with van der Waals surface area (Å²) < 4.78 is 5.77. The number of fused-ring (bicyclic) bond motifs is 1. The van der Waals surface area contributed by atoms with Gasteiger partial charge >= 0.3 is 0 Å². The fourth-order valence-electron chi connectivity index (χ4n) is 1.82. The van der Waals surface area contributed by atoms with Crippen molar-refractivity contribution in [3.05, 3.63) is 24.3 Å². The summed E-state index contributed by atoms with van der Waals surface area (Å²) in [4.78, 5) is 13.4. The van der Waals surface area contributed by atoms with E-state index in [1.54, 1.807) is 4.90 Å². The number of amides is 1. The number of benzene rings is 1. The fourth-order valence-corrected chi connectivity index (χ4v) is 1.96. The Kier molecular flexibility index (Phi) is 3.34. The minimum Gasteiger partial charge on any atom is -0.486 e. The van der Waals surface area contributed by atoms with Crippen LogP contribution in [-0.2, 0) is 4.79 Å². The predicted molar refractivity (Wildman–Crippen MR) is 64.2 cm³/mol. The van der Waals surface area contributed by atoms with Crippen LogP contribution in [0.4, 0.5) is 5.69 Å². The van der Waals surface area contributed by atoms with Crippen molar-refractivity contribution < 1.29 is 9.53 Å². The predicted octanol–water partition coefficient (Wildman–Crippen LogP) is 2.43. The van der Waals surface area contributed by atoms with Crippen molar-refractivity contribution in [3.8, 4) is 5.75 Å². The number of rotatable bonds is 2. The number of halogens is 1. The number of anilines is 1. The summed E-state index contributed by atoms with van der Waals surface area (Å²) in [5.41, 5.74) is 0.817. The van der Waals surface area contributed by atoms with Gasteiger partial charge in [-0.3, -0.25) is 4.79 Å². The second-order valence-corrected chi connectivity index (χ2v) is 4.02. The third kappa shape index (κ3) is 2.00. The highest BCUT2D eigenvalue weighted by molar-refractivity contribution is 6.29. The van der Waals surface area contributed by atoms with E-state index in [-0.39, 0.29) is 17.9 Å². The Balaban J connectivity index is 2.35. The van der Waals surface area contributed by atoms with E-state index in [1.807, 2.05) is 31.2 Å². The van der Waals surface area contributed by atoms with Crippen LogP contribution in [0.3, 0.4) is 0 Å². The number of nitrogens with zero attached hydrogens (tertiary/aromatic N) is 1. The first-order valence-corrected chi connectivity index (χ1v) is 5.91. The fraction of sp³-hybridized carbons (Fsp3) is 0.417. The van der Waals surface area contributed by atoms with Crippen LogP contribution >= 0.6 is 11.6 Å². The Morgan fingerprint density at radius 1 is 1.56 bits per heavy atom. The summed E-state index contributed by atoms with van der Waals surface area (Å²) in [7, 11) is 0. The van der Waals surface area contributed by atoms with Gasteiger partial charge in [0, 0.05) is 0 Å². The minimum absolute atomic E-state index is 0.00473. The van der Waals surface area contributed by atoms with Crippen LogP contribution in [0.25, 0.3) is 0 Å². The molecular formula is C12H14ClNO2. The molecule has 2 rings (SSSR count). The molecule has 1 unspecified atom stereocenters. The highest BCUT2D eigenvalue weighted by Gasteiger charge is 2.27. The van der Waals surface area contributed by atoms with E-state index in [4.69, 9.17) is 16.3 Å². The lowest BCUT2D eigenvalue weighted by molar-refractivity contribution is -0.116. The summed E-state index contributed by atoms with van der Waals surface area (Å²) in [6.45, 7) is 2.63. The molecule has 1 aromatic rings. The average Bonchev–Trinajstić information content (AvgIpc) is 2.36. The lowest BCUT2D eigenvalue weighted by atomic mass is 10.1. The molecule has 0 fully saturated rings. The molecular weight excluding hydrogens is 226 g/mol. The van der Waals surface area contributed by atoms with Gasteiger partial charge in [-0.05, 0) is 18.6 Å². The second kappa shape index (κ2) is 4.74. The molecule has 0 aliphatic carbocycles. The molecule has 4 heteroatoms. The second-order valence-electron chi connectivity index (χ2n) is 3.75. The Bertz CT molecular complexity index is 394. The molecule has 3 nitrogen and oxygen atoms in total. The standard InChI is InChI=1S/C12H14ClNO2/c1-2-9-8-14(12(15)7-13)10-5-3-4-6-11(10)16-9/h3-6,9H,2,7-8H2,1H3. The largest absolute Gasteiger partial charge is 0.486 e. The van der Waals surface area contributed by atoms with Crippen molar-refractivity contribution in [1.29, 1.82) is 0 Å². The van der Waals surface area contributed by atoms with Crippen LogP contribution < -0.4 is 9.64 Å². The number of alkyl halides is 1. The van der Waals surface area contributed by atoms with Gasteiger partial charge in [0.25, 0.3) is 0 Å². The van der Waals surface area contributed by atoms with Gasteiger partial charge in [-0.1, -0.05) is 19.1 Å². The first kappa shape index (κ1) is 11.3. The van der Waals surface area contributed by atoms with Gasteiger partial charge in [-0.2, -0.15) is 0 Å². The lowest BCUT2D eigenvalue weighted by Crippen LogP contribution is -2.43.